The van der Waals surface area contributed by atoms with Crippen LogP contribution in [0.1, 0.15) is 26.7 Å². The predicted molar refractivity (Wildman–Crippen MR) is 116 cm³/mol. The maximum absolute atomic E-state index is 13.5. The van der Waals surface area contributed by atoms with Gasteiger partial charge < -0.3 is 4.90 Å². The molecule has 0 atom stereocenters. The first-order chi connectivity index (χ1) is 14.2. The van der Waals surface area contributed by atoms with Crippen LogP contribution in [0.15, 0.2) is 78.2 Å². The zero-order valence-corrected chi connectivity index (χ0v) is 17.1. The van der Waals surface area contributed by atoms with E-state index in [0.717, 1.165) is 29.1 Å². The number of carbonyl (C=O) groups is 2. The van der Waals surface area contributed by atoms with Crippen LogP contribution in [0.2, 0.25) is 0 Å². The number of hydrogen-bond donors (Lipinski definition) is 0. The van der Waals surface area contributed by atoms with Crippen LogP contribution in [0.25, 0.3) is 0 Å². The van der Waals surface area contributed by atoms with E-state index in [1.54, 1.807) is 0 Å². The highest BCUT2D eigenvalue weighted by atomic mass is 32.1. The van der Waals surface area contributed by atoms with Crippen molar-refractivity contribution in [2.75, 3.05) is 32.7 Å². The number of Topliss-reactive ketones (excluding diaryl/α,β-unsaturated/α-hetero) is 1. The van der Waals surface area contributed by atoms with Crippen LogP contribution in [0, 0.1) is 0 Å². The second kappa shape index (κ2) is 9.16. The van der Waals surface area contributed by atoms with Crippen molar-refractivity contribution in [3.05, 3.63) is 94.2 Å². The summed E-state index contributed by atoms with van der Waals surface area (Å²) in [7, 11) is 0. The van der Waals surface area contributed by atoms with Crippen LogP contribution < -0.4 is 0 Å². The smallest absolute Gasteiger partial charge is 0.234 e. The second-order valence-corrected chi connectivity index (χ2v) is 8.20. The molecule has 29 heavy (non-hydrogen) atoms. The summed E-state index contributed by atoms with van der Waals surface area (Å²) in [6, 6.07) is 23.7. The second-order valence-electron chi connectivity index (χ2n) is 7.26. The molecule has 3 aromatic rings. The summed E-state index contributed by atoms with van der Waals surface area (Å²) in [6.07, 6.45) is 0. The molecule has 0 bridgehead atoms. The van der Waals surface area contributed by atoms with Gasteiger partial charge in [-0.2, -0.15) is 0 Å². The molecule has 5 heteroatoms. The van der Waals surface area contributed by atoms with Crippen molar-refractivity contribution in [3.63, 3.8) is 0 Å². The number of piperazine rings is 1. The van der Waals surface area contributed by atoms with Gasteiger partial charge in [0.1, 0.15) is 0 Å². The lowest BCUT2D eigenvalue weighted by molar-refractivity contribution is -0.133. The van der Waals surface area contributed by atoms with E-state index < -0.39 is 0 Å². The number of hydrogen-bond acceptors (Lipinski definition) is 4. The lowest BCUT2D eigenvalue weighted by Crippen LogP contribution is -2.51. The summed E-state index contributed by atoms with van der Waals surface area (Å²) in [5.41, 5.74) is 2.03. The highest BCUT2D eigenvalue weighted by molar-refractivity contribution is 7.12. The minimum atomic E-state index is -0.295. The quantitative estimate of drug-likeness (QED) is 0.585. The number of amides is 1. The summed E-state index contributed by atoms with van der Waals surface area (Å²) in [6.45, 7) is 3.15. The summed E-state index contributed by atoms with van der Waals surface area (Å²) < 4.78 is 0. The van der Waals surface area contributed by atoms with Crippen molar-refractivity contribution in [3.8, 4) is 0 Å². The summed E-state index contributed by atoms with van der Waals surface area (Å²) >= 11 is 1.48. The Morgan fingerprint density at radius 1 is 0.793 bits per heavy atom. The molecule has 1 amide bonds. The fraction of sp³-hybridized carbons (Fsp3) is 0.250. The Morgan fingerprint density at radius 3 is 1.90 bits per heavy atom. The molecule has 2 aromatic carbocycles. The van der Waals surface area contributed by atoms with Gasteiger partial charge in [0, 0.05) is 26.2 Å². The lowest BCUT2D eigenvalue weighted by Gasteiger charge is -2.36. The Kier molecular flexibility index (Phi) is 6.17. The molecule has 0 radical (unpaired) electrons. The first-order valence-electron chi connectivity index (χ1n) is 9.90. The summed E-state index contributed by atoms with van der Waals surface area (Å²) in [5.74, 6) is -0.00504. The average Bonchev–Trinajstić information content (AvgIpc) is 3.31. The topological polar surface area (TPSA) is 40.6 Å². The van der Waals surface area contributed by atoms with Crippen LogP contribution in [-0.2, 0) is 4.79 Å². The Morgan fingerprint density at radius 2 is 1.38 bits per heavy atom. The maximum atomic E-state index is 13.5. The molecule has 1 aliphatic rings. The van der Waals surface area contributed by atoms with Gasteiger partial charge in [-0.15, -0.1) is 11.3 Å². The molecular weight excluding hydrogens is 380 g/mol. The Bertz CT molecular complexity index is 894. The Balaban J connectivity index is 1.44. The number of ketones is 1. The first-order valence-corrected chi connectivity index (χ1v) is 10.8. The van der Waals surface area contributed by atoms with E-state index in [2.05, 4.69) is 4.90 Å². The largest absolute Gasteiger partial charge is 0.339 e. The molecule has 0 N–H and O–H groups in total. The zero-order chi connectivity index (χ0) is 20.1. The number of nitrogens with zero attached hydrogens (tertiary/aromatic N) is 2. The molecule has 4 nitrogen and oxygen atoms in total. The number of carbonyl (C=O) groups excluding carboxylic acids is 2. The van der Waals surface area contributed by atoms with Gasteiger partial charge in [-0.1, -0.05) is 66.7 Å². The van der Waals surface area contributed by atoms with Crippen LogP contribution in [-0.4, -0.2) is 54.2 Å². The highest BCUT2D eigenvalue weighted by Gasteiger charge is 2.30. The van der Waals surface area contributed by atoms with Gasteiger partial charge >= 0.3 is 0 Å². The van der Waals surface area contributed by atoms with Gasteiger partial charge in [0.15, 0.2) is 5.78 Å². The maximum Gasteiger partial charge on any atom is 0.234 e. The van der Waals surface area contributed by atoms with E-state index in [1.807, 2.05) is 83.1 Å². The SMILES string of the molecule is O=C(CN1CCN(C(=O)C(c2ccccc2)c2ccccc2)CC1)c1cccs1. The van der Waals surface area contributed by atoms with Crippen molar-refractivity contribution >= 4 is 23.0 Å². The van der Waals surface area contributed by atoms with E-state index in [-0.39, 0.29) is 17.6 Å². The fourth-order valence-corrected chi connectivity index (χ4v) is 4.45. The van der Waals surface area contributed by atoms with Gasteiger partial charge in [-0.05, 0) is 22.6 Å². The average molecular weight is 405 g/mol. The summed E-state index contributed by atoms with van der Waals surface area (Å²) in [5, 5.41) is 1.93. The molecule has 1 fully saturated rings. The third-order valence-electron chi connectivity index (χ3n) is 5.36. The van der Waals surface area contributed by atoms with E-state index in [1.165, 1.54) is 11.3 Å². The van der Waals surface area contributed by atoms with Crippen molar-refractivity contribution in [2.45, 2.75) is 5.92 Å². The minimum absolute atomic E-state index is 0.131. The molecule has 0 saturated carbocycles. The molecule has 0 aliphatic carbocycles. The van der Waals surface area contributed by atoms with Crippen molar-refractivity contribution < 1.29 is 9.59 Å². The molecule has 148 valence electrons. The monoisotopic (exact) mass is 404 g/mol. The number of benzene rings is 2. The van der Waals surface area contributed by atoms with Crippen molar-refractivity contribution in [2.24, 2.45) is 0 Å². The third-order valence-corrected chi connectivity index (χ3v) is 6.27. The lowest BCUT2D eigenvalue weighted by atomic mass is 9.90. The predicted octanol–water partition coefficient (Wildman–Crippen LogP) is 3.91. The van der Waals surface area contributed by atoms with Crippen LogP contribution in [0.4, 0.5) is 0 Å². The molecule has 0 spiro atoms. The van der Waals surface area contributed by atoms with Crippen LogP contribution in [0.3, 0.4) is 0 Å². The van der Waals surface area contributed by atoms with Crippen LogP contribution >= 0.6 is 11.3 Å². The molecule has 1 saturated heterocycles. The fourth-order valence-electron chi connectivity index (χ4n) is 3.80. The van der Waals surface area contributed by atoms with E-state index in [4.69, 9.17) is 0 Å². The van der Waals surface area contributed by atoms with E-state index in [9.17, 15) is 9.59 Å². The van der Waals surface area contributed by atoms with Crippen molar-refractivity contribution in [1.29, 1.82) is 0 Å². The first kappa shape index (κ1) is 19.6. The number of rotatable bonds is 6. The standard InChI is InChI=1S/C24H24N2O2S/c27-21(22-12-7-17-29-22)18-25-13-15-26(16-14-25)24(28)23(19-8-3-1-4-9-19)20-10-5-2-6-11-20/h1-12,17,23H,13-16,18H2. The van der Waals surface area contributed by atoms with Gasteiger partial charge in [0.25, 0.3) is 0 Å². The molecule has 0 unspecified atom stereocenters. The molecule has 1 aliphatic heterocycles. The molecule has 2 heterocycles. The minimum Gasteiger partial charge on any atom is -0.339 e. The van der Waals surface area contributed by atoms with Crippen molar-refractivity contribution in [1.82, 2.24) is 9.80 Å². The number of thiophene rings is 1. The molecular formula is C24H24N2O2S. The van der Waals surface area contributed by atoms with Gasteiger partial charge in [0.05, 0.1) is 17.3 Å². The normalized spacial score (nSPS) is 14.9. The highest BCUT2D eigenvalue weighted by Crippen LogP contribution is 2.27. The molecule has 1 aromatic heterocycles. The third kappa shape index (κ3) is 4.63. The summed E-state index contributed by atoms with van der Waals surface area (Å²) in [4.78, 5) is 30.7. The van der Waals surface area contributed by atoms with Crippen LogP contribution in [0.5, 0.6) is 0 Å². The van der Waals surface area contributed by atoms with E-state index in [0.29, 0.717) is 19.6 Å². The van der Waals surface area contributed by atoms with Gasteiger partial charge in [-0.3, -0.25) is 14.5 Å². The van der Waals surface area contributed by atoms with E-state index >= 15 is 0 Å². The Hall–Kier alpha value is -2.76. The Labute approximate surface area is 175 Å². The van der Waals surface area contributed by atoms with Gasteiger partial charge in [0.2, 0.25) is 5.91 Å². The zero-order valence-electron chi connectivity index (χ0n) is 16.2. The molecule has 4 rings (SSSR count). The van der Waals surface area contributed by atoms with Gasteiger partial charge in [-0.25, -0.2) is 0 Å².